The van der Waals surface area contributed by atoms with Crippen LogP contribution in [0, 0.1) is 0 Å². The Kier molecular flexibility index (Phi) is 6.08. The molecule has 6 rings (SSSR count). The largest absolute Gasteiger partial charge is 0.274 e. The molecule has 1 aromatic heterocycles. The maximum absolute atomic E-state index is 12.3. The summed E-state index contributed by atoms with van der Waals surface area (Å²) in [6.45, 7) is 6.76. The number of anilines is 2. The number of para-hydroxylation sites is 1. The predicted octanol–water partition coefficient (Wildman–Crippen LogP) is 3.11. The summed E-state index contributed by atoms with van der Waals surface area (Å²) < 4.78 is 1.01. The summed E-state index contributed by atoms with van der Waals surface area (Å²) in [5.41, 5.74) is 1.88. The first kappa shape index (κ1) is 20.6. The van der Waals surface area contributed by atoms with Crippen molar-refractivity contribution in [2.45, 2.75) is 19.5 Å². The quantitative estimate of drug-likeness (QED) is 0.521. The fourth-order valence-corrected chi connectivity index (χ4v) is 5.83. The summed E-state index contributed by atoms with van der Waals surface area (Å²) in [5, 5.41) is 0.719. The zero-order chi connectivity index (χ0) is 18.5. The zero-order valence-corrected chi connectivity index (χ0v) is 20.2. The highest BCUT2D eigenvalue weighted by molar-refractivity contribution is 14.0. The number of thiazole rings is 1. The van der Waals surface area contributed by atoms with Crippen LogP contribution >= 0.6 is 51.2 Å². The van der Waals surface area contributed by atoms with Crippen LogP contribution in [-0.4, -0.2) is 70.0 Å². The van der Waals surface area contributed by atoms with Crippen molar-refractivity contribution < 1.29 is 4.79 Å². The van der Waals surface area contributed by atoms with E-state index in [0.29, 0.717) is 6.17 Å². The third-order valence-electron chi connectivity index (χ3n) is 5.30. The second kappa shape index (κ2) is 8.25. The van der Waals surface area contributed by atoms with Gasteiger partial charge in [0.25, 0.3) is 0 Å². The van der Waals surface area contributed by atoms with Crippen LogP contribution < -0.4 is 4.90 Å². The molecule has 7 nitrogen and oxygen atoms in total. The third-order valence-corrected chi connectivity index (χ3v) is 7.12. The van der Waals surface area contributed by atoms with Gasteiger partial charge in [-0.25, -0.2) is 4.98 Å². The molecule has 0 N–H and O–H groups in total. The minimum Gasteiger partial charge on any atom is -0.274 e. The number of rotatable bonds is 4. The fraction of sp³-hybridized carbons (Fsp3) is 0.444. The zero-order valence-electron chi connectivity index (χ0n) is 15.5. The Morgan fingerprint density at radius 3 is 2.32 bits per heavy atom. The normalized spacial score (nSPS) is 30.1. The minimum atomic E-state index is -0.0308. The van der Waals surface area contributed by atoms with Crippen LogP contribution in [0.15, 0.2) is 34.1 Å². The van der Waals surface area contributed by atoms with Crippen molar-refractivity contribution in [3.05, 3.63) is 39.8 Å². The van der Waals surface area contributed by atoms with Crippen molar-refractivity contribution >= 4 is 68.0 Å². The summed E-state index contributed by atoms with van der Waals surface area (Å²) in [6, 6.07) is 9.71. The first-order valence-corrected chi connectivity index (χ1v) is 10.6. The number of carbonyl (C=O) groups is 1. The van der Waals surface area contributed by atoms with E-state index < -0.39 is 0 Å². The Morgan fingerprint density at radius 1 is 1.14 bits per heavy atom. The Labute approximate surface area is 194 Å². The Morgan fingerprint density at radius 2 is 1.75 bits per heavy atom. The molecule has 0 unspecified atom stereocenters. The highest BCUT2D eigenvalue weighted by Crippen LogP contribution is 2.37. The Hall–Kier alpha value is -0.630. The molecule has 4 aliphatic heterocycles. The average Bonchev–Trinajstić information content (AvgIpc) is 2.98. The molecule has 10 heteroatoms. The predicted molar refractivity (Wildman–Crippen MR) is 124 cm³/mol. The lowest BCUT2D eigenvalue weighted by Crippen LogP contribution is -2.75. The van der Waals surface area contributed by atoms with E-state index in [0.717, 1.165) is 60.1 Å². The number of nitrogens with zero attached hydrogens (tertiary/aromatic N) is 6. The molecule has 28 heavy (non-hydrogen) atoms. The molecular weight excluding hydrogens is 555 g/mol. The summed E-state index contributed by atoms with van der Waals surface area (Å²) in [5.74, 6) is -0.0308. The SMILES string of the molecule is CC(=O)N(c1ccccc1)c1nc(CC2N3CN4CN(C3)CN2C4)c(Br)s1.I. The van der Waals surface area contributed by atoms with E-state index in [1.807, 2.05) is 30.3 Å². The van der Waals surface area contributed by atoms with Crippen molar-refractivity contribution in [2.75, 3.05) is 38.2 Å². The van der Waals surface area contributed by atoms with Crippen molar-refractivity contribution in [3.63, 3.8) is 0 Å². The maximum atomic E-state index is 12.3. The summed E-state index contributed by atoms with van der Waals surface area (Å²) >= 11 is 5.22. The molecular formula is C18H22BrIN6OS. The third kappa shape index (κ3) is 3.75. The molecule has 4 fully saturated rings. The second-order valence-corrected chi connectivity index (χ2v) is 9.61. The van der Waals surface area contributed by atoms with Gasteiger partial charge in [0.1, 0.15) is 0 Å². The Bertz CT molecular complexity index is 837. The van der Waals surface area contributed by atoms with E-state index in [-0.39, 0.29) is 29.9 Å². The number of carbonyl (C=O) groups excluding carboxylic acids is 1. The summed E-state index contributed by atoms with van der Waals surface area (Å²) in [6.07, 6.45) is 1.23. The van der Waals surface area contributed by atoms with Gasteiger partial charge < -0.3 is 0 Å². The molecule has 4 aliphatic rings. The molecule has 0 radical (unpaired) electrons. The fourth-order valence-electron chi connectivity index (χ4n) is 4.25. The molecule has 2 aromatic rings. The number of hydrogen-bond acceptors (Lipinski definition) is 7. The van der Waals surface area contributed by atoms with Crippen LogP contribution in [0.5, 0.6) is 0 Å². The van der Waals surface area contributed by atoms with Crippen LogP contribution in [0.3, 0.4) is 0 Å². The van der Waals surface area contributed by atoms with Gasteiger partial charge in [-0.15, -0.1) is 24.0 Å². The molecule has 4 saturated heterocycles. The number of hydrogen-bond donors (Lipinski definition) is 0. The first-order chi connectivity index (χ1) is 13.1. The molecule has 0 aliphatic carbocycles. The van der Waals surface area contributed by atoms with Crippen molar-refractivity contribution in [2.24, 2.45) is 0 Å². The van der Waals surface area contributed by atoms with Crippen LogP contribution in [-0.2, 0) is 11.2 Å². The molecule has 1 aromatic carbocycles. The van der Waals surface area contributed by atoms with Crippen LogP contribution in [0.2, 0.25) is 0 Å². The molecule has 4 bridgehead atoms. The number of aromatic nitrogens is 1. The van der Waals surface area contributed by atoms with E-state index >= 15 is 0 Å². The van der Waals surface area contributed by atoms with Gasteiger partial charge >= 0.3 is 0 Å². The molecule has 0 saturated carbocycles. The van der Waals surface area contributed by atoms with Crippen LogP contribution in [0.4, 0.5) is 10.8 Å². The van der Waals surface area contributed by atoms with Crippen molar-refractivity contribution in [3.8, 4) is 0 Å². The second-order valence-electron chi connectivity index (χ2n) is 7.32. The topological polar surface area (TPSA) is 46.2 Å². The van der Waals surface area contributed by atoms with Gasteiger partial charge in [0.05, 0.1) is 54.7 Å². The van der Waals surface area contributed by atoms with Gasteiger partial charge in [0, 0.05) is 13.3 Å². The van der Waals surface area contributed by atoms with Gasteiger partial charge in [0.15, 0.2) is 5.13 Å². The molecule has 1 amide bonds. The van der Waals surface area contributed by atoms with Gasteiger partial charge in [-0.1, -0.05) is 29.5 Å². The monoisotopic (exact) mass is 576 g/mol. The Balaban J connectivity index is 0.00000192. The lowest BCUT2D eigenvalue weighted by molar-refractivity contribution is -0.230. The van der Waals surface area contributed by atoms with E-state index in [9.17, 15) is 4.79 Å². The van der Waals surface area contributed by atoms with Gasteiger partial charge in [0.2, 0.25) is 5.91 Å². The van der Waals surface area contributed by atoms with Gasteiger partial charge in [-0.2, -0.15) is 0 Å². The maximum Gasteiger partial charge on any atom is 0.230 e. The average molecular weight is 577 g/mol. The van der Waals surface area contributed by atoms with Crippen LogP contribution in [0.1, 0.15) is 12.6 Å². The smallest absolute Gasteiger partial charge is 0.230 e. The van der Waals surface area contributed by atoms with E-state index in [4.69, 9.17) is 4.98 Å². The molecule has 0 atom stereocenters. The van der Waals surface area contributed by atoms with E-state index in [2.05, 4.69) is 35.5 Å². The number of amides is 1. The molecule has 150 valence electrons. The van der Waals surface area contributed by atoms with Crippen molar-refractivity contribution in [1.29, 1.82) is 0 Å². The lowest BCUT2D eigenvalue weighted by atomic mass is 10.2. The molecule has 0 spiro atoms. The lowest BCUT2D eigenvalue weighted by Gasteiger charge is -2.60. The number of halogens is 2. The van der Waals surface area contributed by atoms with Gasteiger partial charge in [-0.05, 0) is 28.1 Å². The molecule has 5 heterocycles. The summed E-state index contributed by atoms with van der Waals surface area (Å²) in [7, 11) is 0. The van der Waals surface area contributed by atoms with Crippen LogP contribution in [0.25, 0.3) is 0 Å². The van der Waals surface area contributed by atoms with E-state index in [1.54, 1.807) is 11.8 Å². The van der Waals surface area contributed by atoms with Gasteiger partial charge in [-0.3, -0.25) is 29.3 Å². The minimum absolute atomic E-state index is 0. The first-order valence-electron chi connectivity index (χ1n) is 9.02. The summed E-state index contributed by atoms with van der Waals surface area (Å²) in [4.78, 5) is 28.8. The van der Waals surface area contributed by atoms with Crippen molar-refractivity contribution in [1.82, 2.24) is 24.6 Å². The highest BCUT2D eigenvalue weighted by atomic mass is 127. The highest BCUT2D eigenvalue weighted by Gasteiger charge is 2.43. The standard InChI is InChI=1S/C18H21BrN6OS.HI/c1-13(26)25(14-5-3-2-4-6-14)18-20-15(17(19)27-18)7-16-23-9-21-8-22(11-23)12-24(16)10-21;/h2-6,16H,7-12H2,1H3;1H. The number of benzene rings is 1. The van der Waals surface area contributed by atoms with E-state index in [1.165, 1.54) is 11.3 Å².